The SMILES string of the molecule is O=C(Nc1ccccc1-n1cccc1)[C@@H]1CCCN1C(=O)CSCc1nccc(-c2ccc(Br)s2)n1. The maximum atomic E-state index is 13.2. The molecule has 10 heteroatoms. The lowest BCUT2D eigenvalue weighted by atomic mass is 10.2. The highest BCUT2D eigenvalue weighted by molar-refractivity contribution is 9.11. The molecule has 0 radical (unpaired) electrons. The van der Waals surface area contributed by atoms with Crippen molar-refractivity contribution in [2.75, 3.05) is 17.6 Å². The molecule has 1 aromatic carbocycles. The van der Waals surface area contributed by atoms with E-state index in [4.69, 9.17) is 0 Å². The van der Waals surface area contributed by atoms with Gasteiger partial charge >= 0.3 is 0 Å². The summed E-state index contributed by atoms with van der Waals surface area (Å²) >= 11 is 6.57. The van der Waals surface area contributed by atoms with Crippen LogP contribution in [0.5, 0.6) is 0 Å². The highest BCUT2D eigenvalue weighted by Crippen LogP contribution is 2.30. The van der Waals surface area contributed by atoms with Crippen molar-refractivity contribution < 1.29 is 9.59 Å². The Balaban J connectivity index is 1.18. The molecule has 0 spiro atoms. The smallest absolute Gasteiger partial charge is 0.247 e. The lowest BCUT2D eigenvalue weighted by molar-refractivity contribution is -0.134. The number of carbonyl (C=O) groups excluding carboxylic acids is 2. The summed E-state index contributed by atoms with van der Waals surface area (Å²) in [5.74, 6) is 1.31. The second-order valence-corrected chi connectivity index (χ2v) is 11.7. The van der Waals surface area contributed by atoms with Crippen LogP contribution in [0.4, 0.5) is 5.69 Å². The number of thioether (sulfide) groups is 1. The third-order valence-electron chi connectivity index (χ3n) is 5.91. The zero-order valence-corrected chi connectivity index (χ0v) is 22.6. The van der Waals surface area contributed by atoms with Gasteiger partial charge in [0.05, 0.1) is 37.2 Å². The summed E-state index contributed by atoms with van der Waals surface area (Å²) in [6.07, 6.45) is 7.10. The molecule has 2 amide bonds. The first-order valence-electron chi connectivity index (χ1n) is 11.6. The molecule has 0 saturated carbocycles. The highest BCUT2D eigenvalue weighted by atomic mass is 79.9. The van der Waals surface area contributed by atoms with E-state index in [1.54, 1.807) is 22.4 Å². The Morgan fingerprint density at radius 1 is 1.11 bits per heavy atom. The van der Waals surface area contributed by atoms with Crippen molar-refractivity contribution in [3.8, 4) is 16.3 Å². The second-order valence-electron chi connectivity index (χ2n) is 8.30. The molecule has 1 atom stereocenters. The first kappa shape index (κ1) is 24.7. The summed E-state index contributed by atoms with van der Waals surface area (Å²) in [5, 5.41) is 3.05. The van der Waals surface area contributed by atoms with Gasteiger partial charge in [-0.05, 0) is 71.2 Å². The Kier molecular flexibility index (Phi) is 7.84. The van der Waals surface area contributed by atoms with E-state index < -0.39 is 6.04 Å². The number of nitrogens with zero attached hydrogens (tertiary/aromatic N) is 4. The topological polar surface area (TPSA) is 80.1 Å². The van der Waals surface area contributed by atoms with Crippen molar-refractivity contribution in [2.45, 2.75) is 24.6 Å². The fourth-order valence-corrected chi connectivity index (χ4v) is 6.34. The Morgan fingerprint density at radius 3 is 2.75 bits per heavy atom. The van der Waals surface area contributed by atoms with E-state index in [1.165, 1.54) is 11.8 Å². The van der Waals surface area contributed by atoms with Crippen LogP contribution in [0.25, 0.3) is 16.3 Å². The van der Waals surface area contributed by atoms with E-state index >= 15 is 0 Å². The molecule has 184 valence electrons. The molecular weight excluding hydrogens is 558 g/mol. The molecule has 1 saturated heterocycles. The number of hydrogen-bond donors (Lipinski definition) is 1. The monoisotopic (exact) mass is 581 g/mol. The quantitative estimate of drug-likeness (QED) is 0.292. The molecule has 1 N–H and O–H groups in total. The third-order valence-corrected chi connectivity index (χ3v) is 8.47. The summed E-state index contributed by atoms with van der Waals surface area (Å²) in [6.45, 7) is 0.593. The van der Waals surface area contributed by atoms with E-state index in [2.05, 4.69) is 31.2 Å². The fraction of sp³-hybridized carbons (Fsp3) is 0.231. The van der Waals surface area contributed by atoms with Crippen LogP contribution in [-0.2, 0) is 15.3 Å². The van der Waals surface area contributed by atoms with Crippen LogP contribution < -0.4 is 5.32 Å². The molecule has 1 aliphatic rings. The van der Waals surface area contributed by atoms with Gasteiger partial charge in [0.15, 0.2) is 0 Å². The van der Waals surface area contributed by atoms with Crippen molar-refractivity contribution in [1.29, 1.82) is 0 Å². The zero-order chi connectivity index (χ0) is 24.9. The van der Waals surface area contributed by atoms with Gasteiger partial charge in [0.2, 0.25) is 11.8 Å². The standard InChI is InChI=1S/C26H24BrN5O2S2/c27-23-10-9-22(36-23)19-11-12-28-24(29-19)16-35-17-25(33)32-15-5-8-21(32)26(34)30-18-6-1-2-7-20(18)31-13-3-4-14-31/h1-4,6-7,9-14,21H,5,8,15-17H2,(H,30,34)/t21-/m0/s1. The Labute approximate surface area is 226 Å². The van der Waals surface area contributed by atoms with Crippen LogP contribution in [0.3, 0.4) is 0 Å². The summed E-state index contributed by atoms with van der Waals surface area (Å²) in [4.78, 5) is 38.0. The Morgan fingerprint density at radius 2 is 1.94 bits per heavy atom. The van der Waals surface area contributed by atoms with Crippen LogP contribution in [0, 0.1) is 0 Å². The maximum absolute atomic E-state index is 13.2. The molecule has 0 unspecified atom stereocenters. The number of nitrogens with one attached hydrogen (secondary N) is 1. The third kappa shape index (κ3) is 5.71. The highest BCUT2D eigenvalue weighted by Gasteiger charge is 2.34. The predicted octanol–water partition coefficient (Wildman–Crippen LogP) is 5.62. The summed E-state index contributed by atoms with van der Waals surface area (Å²) in [7, 11) is 0. The summed E-state index contributed by atoms with van der Waals surface area (Å²) in [6, 6.07) is 17.0. The number of thiophene rings is 1. The van der Waals surface area contributed by atoms with Gasteiger partial charge in [-0.15, -0.1) is 23.1 Å². The van der Waals surface area contributed by atoms with E-state index in [0.29, 0.717) is 24.5 Å². The van der Waals surface area contributed by atoms with Gasteiger partial charge in [-0.1, -0.05) is 12.1 Å². The average molecular weight is 583 g/mol. The van der Waals surface area contributed by atoms with Crippen molar-refractivity contribution in [2.24, 2.45) is 0 Å². The Bertz CT molecular complexity index is 1360. The van der Waals surface area contributed by atoms with Crippen molar-refractivity contribution >= 4 is 56.5 Å². The molecule has 4 heterocycles. The van der Waals surface area contributed by atoms with E-state index in [-0.39, 0.29) is 17.6 Å². The van der Waals surface area contributed by atoms with Gasteiger partial charge in [0.25, 0.3) is 0 Å². The van der Waals surface area contributed by atoms with Gasteiger partial charge in [0, 0.05) is 25.1 Å². The second kappa shape index (κ2) is 11.4. The molecule has 4 aromatic rings. The lowest BCUT2D eigenvalue weighted by Crippen LogP contribution is -2.44. The number of amides is 2. The number of halogens is 1. The fourth-order valence-electron chi connectivity index (χ4n) is 4.22. The minimum atomic E-state index is -0.465. The predicted molar refractivity (Wildman–Crippen MR) is 148 cm³/mol. The van der Waals surface area contributed by atoms with Crippen molar-refractivity contribution in [3.63, 3.8) is 0 Å². The first-order valence-corrected chi connectivity index (χ1v) is 14.3. The normalized spacial score (nSPS) is 15.2. The Hall–Kier alpha value is -2.95. The molecule has 0 aliphatic carbocycles. The molecule has 7 nitrogen and oxygen atoms in total. The van der Waals surface area contributed by atoms with Gasteiger partial charge in [-0.25, -0.2) is 9.97 Å². The minimum Gasteiger partial charge on any atom is -0.330 e. The number of hydrogen-bond acceptors (Lipinski definition) is 6. The van der Waals surface area contributed by atoms with E-state index in [1.807, 2.05) is 71.6 Å². The number of rotatable bonds is 8. The number of carbonyl (C=O) groups is 2. The van der Waals surface area contributed by atoms with Gasteiger partial charge in [0.1, 0.15) is 11.9 Å². The number of likely N-dealkylation sites (tertiary alicyclic amines) is 1. The molecule has 3 aromatic heterocycles. The molecule has 36 heavy (non-hydrogen) atoms. The van der Waals surface area contributed by atoms with Crippen molar-refractivity contribution in [3.05, 3.63) is 82.8 Å². The lowest BCUT2D eigenvalue weighted by Gasteiger charge is -2.24. The average Bonchev–Trinajstić information content (AvgIpc) is 3.66. The molecule has 0 bridgehead atoms. The van der Waals surface area contributed by atoms with Crippen LogP contribution in [0.15, 0.2) is 77.0 Å². The van der Waals surface area contributed by atoms with E-state index in [0.717, 1.165) is 32.2 Å². The number of benzene rings is 1. The van der Waals surface area contributed by atoms with Crippen LogP contribution in [0.1, 0.15) is 18.7 Å². The van der Waals surface area contributed by atoms with Crippen LogP contribution in [-0.4, -0.2) is 49.6 Å². The molecule has 1 fully saturated rings. The van der Waals surface area contributed by atoms with Crippen LogP contribution >= 0.6 is 39.0 Å². The van der Waals surface area contributed by atoms with Gasteiger partial charge in [-0.2, -0.15) is 0 Å². The largest absolute Gasteiger partial charge is 0.330 e. The van der Waals surface area contributed by atoms with Gasteiger partial charge < -0.3 is 14.8 Å². The maximum Gasteiger partial charge on any atom is 0.247 e. The first-order chi connectivity index (χ1) is 17.6. The number of aromatic nitrogens is 3. The zero-order valence-electron chi connectivity index (χ0n) is 19.3. The van der Waals surface area contributed by atoms with Crippen molar-refractivity contribution in [1.82, 2.24) is 19.4 Å². The summed E-state index contributed by atoms with van der Waals surface area (Å²) in [5.41, 5.74) is 2.49. The number of anilines is 1. The molecule has 1 aliphatic heterocycles. The van der Waals surface area contributed by atoms with Gasteiger partial charge in [-0.3, -0.25) is 9.59 Å². The number of para-hydroxylation sites is 2. The molecule has 5 rings (SSSR count). The van der Waals surface area contributed by atoms with Crippen LogP contribution in [0.2, 0.25) is 0 Å². The minimum absolute atomic E-state index is 0.0327. The molecular formula is C26H24BrN5O2S2. The summed E-state index contributed by atoms with van der Waals surface area (Å²) < 4.78 is 3.01. The van der Waals surface area contributed by atoms with E-state index in [9.17, 15) is 9.59 Å².